The number of esters is 1. The van der Waals surface area contributed by atoms with Crippen LogP contribution >= 0.6 is 0 Å². The SMILES string of the molecule is O=C(Oc1ccccc1N(C(=O)C(F)(F)F)C(=O)C(F)(F)F)C(F)(F)F. The van der Waals surface area contributed by atoms with Crippen molar-refractivity contribution in [3.8, 4) is 5.75 Å². The van der Waals surface area contributed by atoms with Crippen molar-refractivity contribution < 1.29 is 58.6 Å². The van der Waals surface area contributed by atoms with Crippen LogP contribution in [0, 0.1) is 0 Å². The fourth-order valence-electron chi connectivity index (χ4n) is 1.45. The van der Waals surface area contributed by atoms with Crippen LogP contribution < -0.4 is 9.64 Å². The van der Waals surface area contributed by atoms with Gasteiger partial charge < -0.3 is 4.74 Å². The summed E-state index contributed by atoms with van der Waals surface area (Å²) in [5, 5.41) is 0. The van der Waals surface area contributed by atoms with Crippen LogP contribution in [0.5, 0.6) is 5.75 Å². The first-order valence-electron chi connectivity index (χ1n) is 5.97. The lowest BCUT2D eigenvalue weighted by molar-refractivity contribution is -0.189. The molecule has 0 aliphatic carbocycles. The molecule has 26 heavy (non-hydrogen) atoms. The predicted octanol–water partition coefficient (Wildman–Crippen LogP) is 3.14. The maximum absolute atomic E-state index is 12.5. The molecule has 0 aliphatic heterocycles. The van der Waals surface area contributed by atoms with E-state index < -0.39 is 52.6 Å². The third kappa shape index (κ3) is 4.86. The minimum absolute atomic E-state index is 0.256. The smallest absolute Gasteiger partial charge is 0.418 e. The average Bonchev–Trinajstić information content (AvgIpc) is 2.46. The molecule has 0 heterocycles. The molecule has 0 unspecified atom stereocenters. The van der Waals surface area contributed by atoms with Crippen LogP contribution in [0.4, 0.5) is 45.2 Å². The van der Waals surface area contributed by atoms with E-state index in [2.05, 4.69) is 4.74 Å². The first kappa shape index (κ1) is 21.2. The van der Waals surface area contributed by atoms with Crippen molar-refractivity contribution in [1.82, 2.24) is 0 Å². The summed E-state index contributed by atoms with van der Waals surface area (Å²) in [6.07, 6.45) is -17.6. The van der Waals surface area contributed by atoms with Gasteiger partial charge in [-0.1, -0.05) is 12.1 Å². The number of halogens is 9. The molecule has 0 fully saturated rings. The molecule has 5 nitrogen and oxygen atoms in total. The molecule has 0 bridgehead atoms. The van der Waals surface area contributed by atoms with Crippen LogP contribution in [0.1, 0.15) is 0 Å². The number of carbonyl (C=O) groups excluding carboxylic acids is 3. The minimum atomic E-state index is -6.00. The highest BCUT2D eigenvalue weighted by Gasteiger charge is 2.53. The van der Waals surface area contributed by atoms with E-state index in [-0.39, 0.29) is 6.07 Å². The van der Waals surface area contributed by atoms with E-state index in [4.69, 9.17) is 0 Å². The fourth-order valence-corrected chi connectivity index (χ4v) is 1.45. The summed E-state index contributed by atoms with van der Waals surface area (Å²) in [6, 6.07) is 2.09. The number of hydrogen-bond acceptors (Lipinski definition) is 4. The molecular weight excluding hydrogens is 393 g/mol. The lowest BCUT2D eigenvalue weighted by Gasteiger charge is -2.24. The molecular formula is C12H4F9NO4. The number of nitrogens with zero attached hydrogens (tertiary/aromatic N) is 1. The van der Waals surface area contributed by atoms with Gasteiger partial charge in [0.1, 0.15) is 0 Å². The lowest BCUT2D eigenvalue weighted by atomic mass is 10.2. The molecule has 1 aromatic carbocycles. The Balaban J connectivity index is 3.51. The van der Waals surface area contributed by atoms with Crippen LogP contribution in [0.3, 0.4) is 0 Å². The van der Waals surface area contributed by atoms with Gasteiger partial charge in [0.05, 0.1) is 5.69 Å². The Labute approximate surface area is 136 Å². The number of anilines is 1. The van der Waals surface area contributed by atoms with Gasteiger partial charge in [0.15, 0.2) is 5.75 Å². The van der Waals surface area contributed by atoms with Gasteiger partial charge in [-0.05, 0) is 12.1 Å². The predicted molar refractivity (Wildman–Crippen MR) is 62.7 cm³/mol. The molecule has 14 heteroatoms. The van der Waals surface area contributed by atoms with Crippen LogP contribution in [-0.2, 0) is 14.4 Å². The summed E-state index contributed by atoms with van der Waals surface area (Å²) in [5.74, 6) is -11.2. The van der Waals surface area contributed by atoms with Crippen LogP contribution in [-0.4, -0.2) is 36.3 Å². The average molecular weight is 397 g/mol. The second-order valence-corrected chi connectivity index (χ2v) is 4.30. The van der Waals surface area contributed by atoms with E-state index in [1.807, 2.05) is 0 Å². The van der Waals surface area contributed by atoms with Gasteiger partial charge in [0.25, 0.3) is 0 Å². The monoisotopic (exact) mass is 397 g/mol. The Bertz CT molecular complexity index is 695. The van der Waals surface area contributed by atoms with Crippen LogP contribution in [0.25, 0.3) is 0 Å². The molecule has 1 rings (SSSR count). The Morgan fingerprint density at radius 2 is 1.15 bits per heavy atom. The van der Waals surface area contributed by atoms with Gasteiger partial charge in [0.2, 0.25) is 0 Å². The molecule has 144 valence electrons. The molecule has 0 saturated carbocycles. The van der Waals surface area contributed by atoms with E-state index in [1.54, 1.807) is 0 Å². The number of imide groups is 1. The summed E-state index contributed by atoms with van der Waals surface area (Å²) >= 11 is 0. The number of benzene rings is 1. The van der Waals surface area contributed by atoms with E-state index in [1.165, 1.54) is 0 Å². The molecule has 1 aromatic rings. The highest BCUT2D eigenvalue weighted by molar-refractivity contribution is 6.19. The number of carbonyl (C=O) groups is 3. The van der Waals surface area contributed by atoms with E-state index in [0.29, 0.717) is 12.1 Å². The Hall–Kier alpha value is -2.80. The number of amides is 2. The van der Waals surface area contributed by atoms with Crippen LogP contribution in [0.2, 0.25) is 0 Å². The summed E-state index contributed by atoms with van der Waals surface area (Å²) < 4.78 is 115. The van der Waals surface area contributed by atoms with Crippen molar-refractivity contribution in [1.29, 1.82) is 0 Å². The highest BCUT2D eigenvalue weighted by Crippen LogP contribution is 2.35. The van der Waals surface area contributed by atoms with E-state index in [9.17, 15) is 53.9 Å². The van der Waals surface area contributed by atoms with Crippen molar-refractivity contribution in [2.24, 2.45) is 0 Å². The standard InChI is InChI=1S/C12H4F9NO4/c13-10(14,15)7(23)22(8(24)11(16,17)18)5-3-1-2-4-6(5)26-9(25)12(19,20)21/h1-4H. The molecule has 0 aliphatic rings. The van der Waals surface area contributed by atoms with Crippen molar-refractivity contribution >= 4 is 23.5 Å². The Kier molecular flexibility index (Phi) is 5.59. The number of rotatable bonds is 2. The maximum Gasteiger partial charge on any atom is 0.491 e. The molecule has 0 aromatic heterocycles. The third-order valence-corrected chi connectivity index (χ3v) is 2.43. The van der Waals surface area contributed by atoms with Crippen molar-refractivity contribution in [2.45, 2.75) is 18.5 Å². The minimum Gasteiger partial charge on any atom is -0.418 e. The number of ether oxygens (including phenoxy) is 1. The number of hydrogen-bond donors (Lipinski definition) is 0. The van der Waals surface area contributed by atoms with Gasteiger partial charge in [-0.3, -0.25) is 9.59 Å². The maximum atomic E-state index is 12.5. The zero-order valence-electron chi connectivity index (χ0n) is 11.8. The summed E-state index contributed by atoms with van der Waals surface area (Å²) in [7, 11) is 0. The third-order valence-electron chi connectivity index (χ3n) is 2.43. The van der Waals surface area contributed by atoms with E-state index >= 15 is 0 Å². The Morgan fingerprint density at radius 3 is 1.54 bits per heavy atom. The van der Waals surface area contributed by atoms with Gasteiger partial charge in [-0.15, -0.1) is 0 Å². The number of para-hydroxylation sites is 2. The van der Waals surface area contributed by atoms with Gasteiger partial charge >= 0.3 is 36.3 Å². The molecule has 0 N–H and O–H groups in total. The largest absolute Gasteiger partial charge is 0.491 e. The zero-order valence-corrected chi connectivity index (χ0v) is 11.8. The normalized spacial score (nSPS) is 12.5. The first-order valence-corrected chi connectivity index (χ1v) is 5.97. The van der Waals surface area contributed by atoms with Crippen molar-refractivity contribution in [2.75, 3.05) is 4.90 Å². The topological polar surface area (TPSA) is 63.7 Å². The van der Waals surface area contributed by atoms with Crippen molar-refractivity contribution in [3.05, 3.63) is 24.3 Å². The molecule has 0 saturated heterocycles. The van der Waals surface area contributed by atoms with E-state index in [0.717, 1.165) is 6.07 Å². The lowest BCUT2D eigenvalue weighted by Crippen LogP contribution is -2.50. The second-order valence-electron chi connectivity index (χ2n) is 4.30. The summed E-state index contributed by atoms with van der Waals surface area (Å²) in [6.45, 7) is 0. The van der Waals surface area contributed by atoms with Gasteiger partial charge in [-0.25, -0.2) is 9.69 Å². The second kappa shape index (κ2) is 6.84. The van der Waals surface area contributed by atoms with Crippen LogP contribution in [0.15, 0.2) is 24.3 Å². The van der Waals surface area contributed by atoms with Gasteiger partial charge in [0, 0.05) is 0 Å². The summed E-state index contributed by atoms with van der Waals surface area (Å²) in [5.41, 5.74) is -1.66. The molecule has 0 radical (unpaired) electrons. The van der Waals surface area contributed by atoms with Crippen molar-refractivity contribution in [3.63, 3.8) is 0 Å². The fraction of sp³-hybridized carbons (Fsp3) is 0.250. The zero-order chi connectivity index (χ0) is 20.5. The number of alkyl halides is 9. The quantitative estimate of drug-likeness (QED) is 0.437. The first-order chi connectivity index (χ1) is 11.6. The molecule has 0 spiro atoms. The Morgan fingerprint density at radius 1 is 0.731 bits per heavy atom. The summed E-state index contributed by atoms with van der Waals surface area (Å²) in [4.78, 5) is 31.7. The molecule has 0 atom stereocenters. The highest BCUT2D eigenvalue weighted by atomic mass is 19.4. The molecule has 2 amide bonds. The van der Waals surface area contributed by atoms with Gasteiger partial charge in [-0.2, -0.15) is 39.5 Å².